The highest BCUT2D eigenvalue weighted by atomic mass is 16.5. The third-order valence-electron chi connectivity index (χ3n) is 5.36. The Morgan fingerprint density at radius 2 is 1.73 bits per heavy atom. The molecule has 0 aliphatic carbocycles. The van der Waals surface area contributed by atoms with Gasteiger partial charge in [-0.1, -0.05) is 42.5 Å². The summed E-state index contributed by atoms with van der Waals surface area (Å²) in [6.45, 7) is 5.91. The predicted octanol–water partition coefficient (Wildman–Crippen LogP) is 3.29. The van der Waals surface area contributed by atoms with E-state index in [-0.39, 0.29) is 6.10 Å². The van der Waals surface area contributed by atoms with Crippen molar-refractivity contribution < 1.29 is 9.47 Å². The van der Waals surface area contributed by atoms with Crippen molar-refractivity contribution in [2.75, 3.05) is 33.8 Å². The van der Waals surface area contributed by atoms with E-state index < -0.39 is 0 Å². The van der Waals surface area contributed by atoms with Crippen molar-refractivity contribution in [3.05, 3.63) is 60.2 Å². The monoisotopic (exact) mass is 410 g/mol. The third-order valence-corrected chi connectivity index (χ3v) is 5.36. The first kappa shape index (κ1) is 22.0. The smallest absolute Gasteiger partial charge is 0.191 e. The van der Waals surface area contributed by atoms with Crippen LogP contribution in [0.4, 0.5) is 0 Å². The van der Waals surface area contributed by atoms with Crippen LogP contribution in [-0.4, -0.2) is 56.8 Å². The summed E-state index contributed by atoms with van der Waals surface area (Å²) in [6, 6.07) is 18.8. The Hall–Kier alpha value is -2.73. The van der Waals surface area contributed by atoms with Gasteiger partial charge < -0.3 is 20.1 Å². The van der Waals surface area contributed by atoms with Crippen molar-refractivity contribution >= 4 is 5.96 Å². The molecule has 0 amide bonds. The molecule has 1 saturated heterocycles. The van der Waals surface area contributed by atoms with Gasteiger partial charge in [-0.25, -0.2) is 0 Å². The van der Waals surface area contributed by atoms with Crippen LogP contribution in [0.5, 0.6) is 11.5 Å². The lowest BCUT2D eigenvalue weighted by molar-refractivity contribution is 0.197. The average Bonchev–Trinajstić information content (AvgIpc) is 2.79. The number of nitrogens with one attached hydrogen (secondary N) is 2. The SMILES string of the molecule is CN=C(NCC(C)Oc1ccccc1OC)NC1CCN(Cc2ccccc2)CC1. The second kappa shape index (κ2) is 11.5. The maximum Gasteiger partial charge on any atom is 0.191 e. The number of methoxy groups -OCH3 is 1. The lowest BCUT2D eigenvalue weighted by Gasteiger charge is -2.33. The molecule has 1 unspecified atom stereocenters. The predicted molar refractivity (Wildman–Crippen MR) is 122 cm³/mol. The second-order valence-corrected chi connectivity index (χ2v) is 7.71. The quantitative estimate of drug-likeness (QED) is 0.517. The molecule has 2 N–H and O–H groups in total. The number of guanidine groups is 1. The van der Waals surface area contributed by atoms with Gasteiger partial charge in [0, 0.05) is 32.7 Å². The number of rotatable bonds is 8. The van der Waals surface area contributed by atoms with Gasteiger partial charge in [0.25, 0.3) is 0 Å². The van der Waals surface area contributed by atoms with Gasteiger partial charge in [-0.3, -0.25) is 9.89 Å². The molecule has 0 bridgehead atoms. The van der Waals surface area contributed by atoms with Crippen LogP contribution in [0.15, 0.2) is 59.6 Å². The summed E-state index contributed by atoms with van der Waals surface area (Å²) in [7, 11) is 3.47. The zero-order valence-electron chi connectivity index (χ0n) is 18.3. The van der Waals surface area contributed by atoms with Gasteiger partial charge in [0.15, 0.2) is 17.5 Å². The Kier molecular flexibility index (Phi) is 8.39. The summed E-state index contributed by atoms with van der Waals surface area (Å²) >= 11 is 0. The van der Waals surface area contributed by atoms with Gasteiger partial charge in [-0.15, -0.1) is 0 Å². The molecule has 3 rings (SSSR count). The number of aliphatic imine (C=N–C) groups is 1. The molecular formula is C24H34N4O2. The van der Waals surface area contributed by atoms with Crippen LogP contribution >= 0.6 is 0 Å². The summed E-state index contributed by atoms with van der Waals surface area (Å²) < 4.78 is 11.4. The van der Waals surface area contributed by atoms with E-state index >= 15 is 0 Å². The molecule has 1 aliphatic heterocycles. The number of hydrogen-bond acceptors (Lipinski definition) is 4. The third kappa shape index (κ3) is 6.66. The van der Waals surface area contributed by atoms with Crippen molar-refractivity contribution in [3.63, 3.8) is 0 Å². The van der Waals surface area contributed by atoms with E-state index in [1.165, 1.54) is 5.56 Å². The number of piperidine rings is 1. The van der Waals surface area contributed by atoms with Crippen LogP contribution in [0.3, 0.4) is 0 Å². The summed E-state index contributed by atoms with van der Waals surface area (Å²) in [4.78, 5) is 6.90. The maximum atomic E-state index is 6.01. The minimum absolute atomic E-state index is 0.0208. The van der Waals surface area contributed by atoms with Gasteiger partial charge in [0.05, 0.1) is 13.7 Å². The standard InChI is InChI=1S/C24H34N4O2/c1-19(30-23-12-8-7-11-22(23)29-3)17-26-24(25-2)27-21-13-15-28(16-14-21)18-20-9-5-4-6-10-20/h4-12,19,21H,13-18H2,1-3H3,(H2,25,26,27). The van der Waals surface area contributed by atoms with Gasteiger partial charge >= 0.3 is 0 Å². The number of para-hydroxylation sites is 2. The van der Waals surface area contributed by atoms with Crippen LogP contribution in [0.2, 0.25) is 0 Å². The Morgan fingerprint density at radius 1 is 1.07 bits per heavy atom. The normalized spacial score (nSPS) is 16.7. The van der Waals surface area contributed by atoms with Gasteiger partial charge in [0.2, 0.25) is 0 Å². The second-order valence-electron chi connectivity index (χ2n) is 7.71. The van der Waals surface area contributed by atoms with Gasteiger partial charge in [-0.2, -0.15) is 0 Å². The average molecular weight is 411 g/mol. The summed E-state index contributed by atoms with van der Waals surface area (Å²) in [5.41, 5.74) is 1.38. The summed E-state index contributed by atoms with van der Waals surface area (Å²) in [6.07, 6.45) is 2.20. The molecule has 2 aromatic rings. The minimum Gasteiger partial charge on any atom is -0.493 e. The molecule has 1 atom stereocenters. The van der Waals surface area contributed by atoms with Crippen LogP contribution in [0.1, 0.15) is 25.3 Å². The first-order valence-corrected chi connectivity index (χ1v) is 10.7. The van der Waals surface area contributed by atoms with E-state index in [0.717, 1.165) is 49.9 Å². The molecule has 1 fully saturated rings. The zero-order valence-corrected chi connectivity index (χ0v) is 18.3. The van der Waals surface area contributed by atoms with Crippen LogP contribution in [0.25, 0.3) is 0 Å². The van der Waals surface area contributed by atoms with E-state index in [1.807, 2.05) is 38.2 Å². The van der Waals surface area contributed by atoms with E-state index in [0.29, 0.717) is 12.6 Å². The Balaban J connectivity index is 1.39. The number of likely N-dealkylation sites (tertiary alicyclic amines) is 1. The van der Waals surface area contributed by atoms with Gasteiger partial charge in [-0.05, 0) is 37.5 Å². The molecule has 1 heterocycles. The first-order valence-electron chi connectivity index (χ1n) is 10.7. The lowest BCUT2D eigenvalue weighted by Crippen LogP contribution is -2.49. The van der Waals surface area contributed by atoms with Crippen molar-refractivity contribution in [1.29, 1.82) is 0 Å². The minimum atomic E-state index is -0.0208. The number of hydrogen-bond donors (Lipinski definition) is 2. The van der Waals surface area contributed by atoms with E-state index in [2.05, 4.69) is 50.9 Å². The Morgan fingerprint density at radius 3 is 2.40 bits per heavy atom. The molecule has 0 radical (unpaired) electrons. The van der Waals surface area contributed by atoms with E-state index in [1.54, 1.807) is 7.11 Å². The largest absolute Gasteiger partial charge is 0.493 e. The van der Waals surface area contributed by atoms with Crippen molar-refractivity contribution in [2.24, 2.45) is 4.99 Å². The molecule has 2 aromatic carbocycles. The number of ether oxygens (including phenoxy) is 2. The highest BCUT2D eigenvalue weighted by molar-refractivity contribution is 5.80. The first-order chi connectivity index (χ1) is 14.7. The zero-order chi connectivity index (χ0) is 21.2. The van der Waals surface area contributed by atoms with Crippen molar-refractivity contribution in [3.8, 4) is 11.5 Å². The van der Waals surface area contributed by atoms with Crippen LogP contribution in [-0.2, 0) is 6.54 Å². The highest BCUT2D eigenvalue weighted by Gasteiger charge is 2.20. The fourth-order valence-electron chi connectivity index (χ4n) is 3.68. The Labute approximate surface area is 180 Å². The van der Waals surface area contributed by atoms with E-state index in [9.17, 15) is 0 Å². The Bertz CT molecular complexity index is 789. The molecule has 162 valence electrons. The fourth-order valence-corrected chi connectivity index (χ4v) is 3.68. The van der Waals surface area contributed by atoms with E-state index in [4.69, 9.17) is 9.47 Å². The maximum absolute atomic E-state index is 6.01. The van der Waals surface area contributed by atoms with Crippen molar-refractivity contribution in [2.45, 2.75) is 38.5 Å². The molecule has 6 nitrogen and oxygen atoms in total. The number of nitrogens with zero attached hydrogens (tertiary/aromatic N) is 2. The highest BCUT2D eigenvalue weighted by Crippen LogP contribution is 2.26. The number of benzene rings is 2. The topological polar surface area (TPSA) is 58.1 Å². The molecule has 30 heavy (non-hydrogen) atoms. The summed E-state index contributed by atoms with van der Waals surface area (Å²) in [5.74, 6) is 2.32. The molecule has 6 heteroatoms. The fraction of sp³-hybridized carbons (Fsp3) is 0.458. The molecular weight excluding hydrogens is 376 g/mol. The van der Waals surface area contributed by atoms with Gasteiger partial charge in [0.1, 0.15) is 6.10 Å². The van der Waals surface area contributed by atoms with Crippen LogP contribution < -0.4 is 20.1 Å². The molecule has 0 saturated carbocycles. The molecule has 0 spiro atoms. The van der Waals surface area contributed by atoms with Crippen LogP contribution in [0, 0.1) is 0 Å². The van der Waals surface area contributed by atoms with Crippen molar-refractivity contribution in [1.82, 2.24) is 15.5 Å². The molecule has 1 aliphatic rings. The lowest BCUT2D eigenvalue weighted by atomic mass is 10.0. The molecule has 0 aromatic heterocycles. The summed E-state index contributed by atoms with van der Waals surface area (Å²) in [5, 5.41) is 6.95.